The van der Waals surface area contributed by atoms with E-state index in [9.17, 15) is 0 Å². The maximum atomic E-state index is 5.37. The van der Waals surface area contributed by atoms with Crippen molar-refractivity contribution < 1.29 is 4.74 Å². The molecule has 0 aliphatic carbocycles. The van der Waals surface area contributed by atoms with Gasteiger partial charge in [0.05, 0.1) is 0 Å². The van der Waals surface area contributed by atoms with Crippen LogP contribution in [0.4, 0.5) is 0 Å². The molecule has 0 N–H and O–H groups in total. The molecule has 0 aromatic heterocycles. The van der Waals surface area contributed by atoms with E-state index in [-0.39, 0.29) is 6.10 Å². The molecule has 0 aromatic rings. The zero-order valence-corrected chi connectivity index (χ0v) is 9.13. The minimum absolute atomic E-state index is 0.0773. The second-order valence-electron chi connectivity index (χ2n) is 3.26. The van der Waals surface area contributed by atoms with E-state index in [2.05, 4.69) is 32.8 Å². The Kier molecular flexibility index (Phi) is 6.36. The lowest BCUT2D eigenvalue weighted by molar-refractivity contribution is 0.113. The van der Waals surface area contributed by atoms with Crippen molar-refractivity contribution in [3.05, 3.63) is 11.6 Å². The van der Waals surface area contributed by atoms with Crippen LogP contribution in [0.1, 0.15) is 33.6 Å². The van der Waals surface area contributed by atoms with Gasteiger partial charge in [0.15, 0.2) is 0 Å². The van der Waals surface area contributed by atoms with Crippen molar-refractivity contribution in [2.24, 2.45) is 5.92 Å². The summed E-state index contributed by atoms with van der Waals surface area (Å²) in [7, 11) is 1.67. The number of hydrogen-bond acceptors (Lipinski definition) is 1. The van der Waals surface area contributed by atoms with E-state index in [1.54, 1.807) is 7.11 Å². The lowest BCUT2D eigenvalue weighted by Crippen LogP contribution is -2.18. The normalized spacial score (nSPS) is 16.4. The third-order valence-corrected chi connectivity index (χ3v) is 2.33. The van der Waals surface area contributed by atoms with Crippen LogP contribution in [0.25, 0.3) is 0 Å². The van der Waals surface area contributed by atoms with Crippen molar-refractivity contribution in [3.8, 4) is 12.3 Å². The van der Waals surface area contributed by atoms with Crippen LogP contribution in [0.2, 0.25) is 0 Å². The van der Waals surface area contributed by atoms with Crippen LogP contribution in [0, 0.1) is 18.3 Å². The van der Waals surface area contributed by atoms with Gasteiger partial charge in [-0.05, 0) is 19.8 Å². The molecule has 0 spiro atoms. The second-order valence-corrected chi connectivity index (χ2v) is 3.26. The number of terminal acetylenes is 1. The molecular formula is C12H20O. The van der Waals surface area contributed by atoms with Gasteiger partial charge in [-0.15, -0.1) is 6.42 Å². The van der Waals surface area contributed by atoms with Gasteiger partial charge in [-0.2, -0.15) is 0 Å². The van der Waals surface area contributed by atoms with Crippen molar-refractivity contribution in [1.82, 2.24) is 0 Å². The second kappa shape index (κ2) is 6.74. The Morgan fingerprint density at radius 3 is 2.46 bits per heavy atom. The van der Waals surface area contributed by atoms with Gasteiger partial charge in [-0.3, -0.25) is 0 Å². The van der Waals surface area contributed by atoms with E-state index >= 15 is 0 Å². The average molecular weight is 180 g/mol. The van der Waals surface area contributed by atoms with E-state index in [4.69, 9.17) is 11.2 Å². The molecule has 0 aliphatic rings. The lowest BCUT2D eigenvalue weighted by Gasteiger charge is -2.17. The van der Waals surface area contributed by atoms with Gasteiger partial charge in [0, 0.05) is 13.0 Å². The summed E-state index contributed by atoms with van der Waals surface area (Å²) in [6.07, 6.45) is 9.63. The fourth-order valence-corrected chi connectivity index (χ4v) is 1.27. The van der Waals surface area contributed by atoms with Crippen LogP contribution < -0.4 is 0 Å². The SMILES string of the molecule is C#C[C@H](OC)[C@H](/C=C(\C)CC)CC. The number of methoxy groups -OCH3 is 1. The highest BCUT2D eigenvalue weighted by atomic mass is 16.5. The Morgan fingerprint density at radius 2 is 2.15 bits per heavy atom. The molecule has 1 nitrogen and oxygen atoms in total. The molecule has 0 amide bonds. The molecule has 0 heterocycles. The van der Waals surface area contributed by atoms with Crippen molar-refractivity contribution >= 4 is 0 Å². The summed E-state index contributed by atoms with van der Waals surface area (Å²) in [5.41, 5.74) is 1.38. The van der Waals surface area contributed by atoms with E-state index in [1.807, 2.05) is 0 Å². The summed E-state index contributed by atoms with van der Waals surface area (Å²) in [4.78, 5) is 0. The molecule has 0 saturated carbocycles. The fraction of sp³-hybridized carbons (Fsp3) is 0.667. The predicted molar refractivity (Wildman–Crippen MR) is 57.5 cm³/mol. The van der Waals surface area contributed by atoms with Gasteiger partial charge in [-0.25, -0.2) is 0 Å². The molecule has 0 bridgehead atoms. The molecule has 0 rings (SSSR count). The maximum Gasteiger partial charge on any atom is 0.123 e. The maximum absolute atomic E-state index is 5.37. The molecule has 74 valence electrons. The Labute approximate surface area is 82.2 Å². The Morgan fingerprint density at radius 1 is 1.54 bits per heavy atom. The molecule has 13 heavy (non-hydrogen) atoms. The van der Waals surface area contributed by atoms with Crippen molar-refractivity contribution in [1.29, 1.82) is 0 Å². The van der Waals surface area contributed by atoms with E-state index in [0.717, 1.165) is 12.8 Å². The highest BCUT2D eigenvalue weighted by molar-refractivity contribution is 5.08. The zero-order valence-electron chi connectivity index (χ0n) is 9.13. The summed E-state index contributed by atoms with van der Waals surface area (Å²) >= 11 is 0. The predicted octanol–water partition coefficient (Wildman–Crippen LogP) is 3.02. The smallest absolute Gasteiger partial charge is 0.123 e. The molecule has 0 aromatic carbocycles. The van der Waals surface area contributed by atoms with E-state index in [0.29, 0.717) is 5.92 Å². The fourth-order valence-electron chi connectivity index (χ4n) is 1.27. The minimum atomic E-state index is -0.0773. The number of hydrogen-bond donors (Lipinski definition) is 0. The van der Waals surface area contributed by atoms with Gasteiger partial charge in [0.2, 0.25) is 0 Å². The highest BCUT2D eigenvalue weighted by Crippen LogP contribution is 2.16. The first-order valence-electron chi connectivity index (χ1n) is 4.85. The molecule has 2 atom stereocenters. The van der Waals surface area contributed by atoms with Gasteiger partial charge in [-0.1, -0.05) is 31.4 Å². The van der Waals surface area contributed by atoms with Crippen LogP contribution in [0.5, 0.6) is 0 Å². The summed E-state index contributed by atoms with van der Waals surface area (Å²) in [6, 6.07) is 0. The molecule has 0 fully saturated rings. The van der Waals surface area contributed by atoms with Crippen molar-refractivity contribution in [2.75, 3.05) is 7.11 Å². The molecular weight excluding hydrogens is 160 g/mol. The topological polar surface area (TPSA) is 9.23 Å². The van der Waals surface area contributed by atoms with Crippen LogP contribution in [0.15, 0.2) is 11.6 Å². The monoisotopic (exact) mass is 180 g/mol. The summed E-state index contributed by atoms with van der Waals surface area (Å²) in [6.45, 7) is 6.41. The summed E-state index contributed by atoms with van der Waals surface area (Å²) < 4.78 is 5.22. The zero-order chi connectivity index (χ0) is 10.3. The molecule has 0 unspecified atom stereocenters. The standard InChI is InChI=1S/C12H20O/c1-6-10(4)9-11(7-2)12(8-3)13-5/h3,9,11-12H,6-7H2,1-2,4-5H3/b10-9+/t11-,12-/m0/s1. The third-order valence-electron chi connectivity index (χ3n) is 2.33. The van der Waals surface area contributed by atoms with E-state index in [1.165, 1.54) is 5.57 Å². The van der Waals surface area contributed by atoms with Crippen LogP contribution in [0.3, 0.4) is 0 Å². The van der Waals surface area contributed by atoms with Crippen LogP contribution in [-0.4, -0.2) is 13.2 Å². The Hall–Kier alpha value is -0.740. The quantitative estimate of drug-likeness (QED) is 0.467. The average Bonchev–Trinajstić information content (AvgIpc) is 2.17. The minimum Gasteiger partial charge on any atom is -0.368 e. The van der Waals surface area contributed by atoms with E-state index < -0.39 is 0 Å². The number of allylic oxidation sites excluding steroid dienone is 1. The lowest BCUT2D eigenvalue weighted by atomic mass is 9.96. The molecule has 0 aliphatic heterocycles. The first kappa shape index (κ1) is 12.3. The first-order chi connectivity index (χ1) is 6.19. The summed E-state index contributed by atoms with van der Waals surface area (Å²) in [5, 5.41) is 0. The highest BCUT2D eigenvalue weighted by Gasteiger charge is 2.14. The Balaban J connectivity index is 4.42. The van der Waals surface area contributed by atoms with Gasteiger partial charge < -0.3 is 4.74 Å². The number of ether oxygens (including phenoxy) is 1. The molecule has 0 saturated heterocycles. The van der Waals surface area contributed by atoms with Gasteiger partial charge in [0.1, 0.15) is 6.10 Å². The molecule has 1 heteroatoms. The summed E-state index contributed by atoms with van der Waals surface area (Å²) in [5.74, 6) is 3.02. The Bertz CT molecular complexity index is 198. The third kappa shape index (κ3) is 4.15. The van der Waals surface area contributed by atoms with Crippen molar-refractivity contribution in [3.63, 3.8) is 0 Å². The van der Waals surface area contributed by atoms with Crippen LogP contribution >= 0.6 is 0 Å². The van der Waals surface area contributed by atoms with Gasteiger partial charge in [0.25, 0.3) is 0 Å². The van der Waals surface area contributed by atoms with Crippen LogP contribution in [-0.2, 0) is 4.74 Å². The first-order valence-corrected chi connectivity index (χ1v) is 4.85. The van der Waals surface area contributed by atoms with Crippen molar-refractivity contribution in [2.45, 2.75) is 39.7 Å². The van der Waals surface area contributed by atoms with Gasteiger partial charge >= 0.3 is 0 Å². The largest absolute Gasteiger partial charge is 0.368 e. The number of rotatable bonds is 5. The molecule has 0 radical (unpaired) electrons.